The molecule has 4 atom stereocenters. The Morgan fingerprint density at radius 3 is 2.18 bits per heavy atom. The maximum atomic E-state index is 5.86. The highest BCUT2D eigenvalue weighted by Crippen LogP contribution is 2.53. The van der Waals surface area contributed by atoms with Crippen LogP contribution in [0.15, 0.2) is 0 Å². The zero-order chi connectivity index (χ0) is 7.47. The maximum Gasteiger partial charge on any atom is 0.0595 e. The van der Waals surface area contributed by atoms with Gasteiger partial charge in [-0.1, -0.05) is 15.9 Å². The summed E-state index contributed by atoms with van der Waals surface area (Å²) < 4.78 is 6.35. The molecule has 0 N–H and O–H groups in total. The second-order valence-electron chi connectivity index (χ2n) is 4.48. The molecule has 0 spiro atoms. The lowest BCUT2D eigenvalue weighted by atomic mass is 9.67. The van der Waals surface area contributed by atoms with Crippen LogP contribution in [0.2, 0.25) is 0 Å². The first-order valence-corrected chi connectivity index (χ1v) is 5.37. The van der Waals surface area contributed by atoms with Crippen molar-refractivity contribution in [1.29, 1.82) is 0 Å². The first-order chi connectivity index (χ1) is 5.23. The number of ether oxygens (including phenoxy) is 1. The monoisotopic (exact) mass is 216 g/mol. The van der Waals surface area contributed by atoms with Gasteiger partial charge in [0.05, 0.1) is 12.2 Å². The Bertz CT molecular complexity index is 155. The normalized spacial score (nSPS) is 60.3. The standard InChI is InChI=1S/C9H13BrO/c10-9-3-6-1-7(4-9)11-8(2-6)5-9/h6-8H,1-5H2/t6?,7-,8+,9?. The van der Waals surface area contributed by atoms with E-state index in [0.29, 0.717) is 16.5 Å². The molecule has 2 aliphatic carbocycles. The van der Waals surface area contributed by atoms with Gasteiger partial charge >= 0.3 is 0 Å². The lowest BCUT2D eigenvalue weighted by Crippen LogP contribution is -2.53. The van der Waals surface area contributed by atoms with Gasteiger partial charge in [-0.15, -0.1) is 0 Å². The maximum absolute atomic E-state index is 5.86. The van der Waals surface area contributed by atoms with E-state index in [1.165, 1.54) is 32.1 Å². The lowest BCUT2D eigenvalue weighted by molar-refractivity contribution is -0.143. The van der Waals surface area contributed by atoms with Crippen molar-refractivity contribution in [3.63, 3.8) is 0 Å². The van der Waals surface area contributed by atoms with Crippen molar-refractivity contribution in [2.24, 2.45) is 5.92 Å². The van der Waals surface area contributed by atoms with E-state index in [0.717, 1.165) is 5.92 Å². The summed E-state index contributed by atoms with van der Waals surface area (Å²) in [6.45, 7) is 0. The largest absolute Gasteiger partial charge is 0.375 e. The van der Waals surface area contributed by atoms with E-state index in [-0.39, 0.29) is 0 Å². The van der Waals surface area contributed by atoms with Gasteiger partial charge in [0, 0.05) is 4.32 Å². The summed E-state index contributed by atoms with van der Waals surface area (Å²) in [5, 5.41) is 0. The van der Waals surface area contributed by atoms with Crippen LogP contribution in [0, 0.1) is 5.92 Å². The van der Waals surface area contributed by atoms with Gasteiger partial charge in [0.2, 0.25) is 0 Å². The van der Waals surface area contributed by atoms with Crippen LogP contribution in [-0.4, -0.2) is 16.5 Å². The minimum Gasteiger partial charge on any atom is -0.375 e. The van der Waals surface area contributed by atoms with Crippen molar-refractivity contribution in [1.82, 2.24) is 0 Å². The van der Waals surface area contributed by atoms with E-state index in [1.807, 2.05) is 0 Å². The molecule has 0 aromatic carbocycles. The van der Waals surface area contributed by atoms with Gasteiger partial charge in [-0.3, -0.25) is 0 Å². The Labute approximate surface area is 75.6 Å². The molecule has 1 nitrogen and oxygen atoms in total. The molecule has 0 aromatic heterocycles. The number of halogens is 1. The summed E-state index contributed by atoms with van der Waals surface area (Å²) in [7, 11) is 0. The minimum atomic E-state index is 0.488. The molecular formula is C9H13BrO. The third kappa shape index (κ3) is 0.988. The third-order valence-electron chi connectivity index (χ3n) is 3.42. The third-order valence-corrected chi connectivity index (χ3v) is 4.39. The van der Waals surface area contributed by atoms with Gasteiger partial charge in [-0.2, -0.15) is 0 Å². The van der Waals surface area contributed by atoms with Gasteiger partial charge < -0.3 is 4.74 Å². The van der Waals surface area contributed by atoms with Crippen LogP contribution in [0.3, 0.4) is 0 Å². The molecule has 0 radical (unpaired) electrons. The molecule has 2 heteroatoms. The average molecular weight is 217 g/mol. The fourth-order valence-corrected chi connectivity index (χ4v) is 4.42. The first-order valence-electron chi connectivity index (χ1n) is 4.58. The second kappa shape index (κ2) is 2.02. The predicted octanol–water partition coefficient (Wildman–Crippen LogP) is 2.48. The summed E-state index contributed by atoms with van der Waals surface area (Å²) >= 11 is 3.88. The van der Waals surface area contributed by atoms with Crippen LogP contribution in [0.4, 0.5) is 0 Å². The molecule has 11 heavy (non-hydrogen) atoms. The highest BCUT2D eigenvalue weighted by molar-refractivity contribution is 9.10. The Kier molecular flexibility index (Phi) is 1.27. The fraction of sp³-hybridized carbons (Fsp3) is 1.00. The van der Waals surface area contributed by atoms with Gasteiger partial charge in [0.25, 0.3) is 0 Å². The smallest absolute Gasteiger partial charge is 0.0595 e. The zero-order valence-electron chi connectivity index (χ0n) is 6.55. The van der Waals surface area contributed by atoms with Crippen LogP contribution in [0.5, 0.6) is 0 Å². The molecular weight excluding hydrogens is 204 g/mol. The van der Waals surface area contributed by atoms with Gasteiger partial charge in [-0.05, 0) is 38.0 Å². The SMILES string of the molecule is BrC12CC3C[C@H](C1)O[C@@H](C3)C2. The second-order valence-corrected chi connectivity index (χ2v) is 6.16. The Hall–Kier alpha value is 0.440. The molecule has 2 saturated heterocycles. The molecule has 4 rings (SSSR count). The Morgan fingerprint density at radius 1 is 1.09 bits per heavy atom. The van der Waals surface area contributed by atoms with Crippen LogP contribution in [-0.2, 0) is 4.74 Å². The van der Waals surface area contributed by atoms with Crippen molar-refractivity contribution in [2.75, 3.05) is 0 Å². The molecule has 0 aromatic rings. The first kappa shape index (κ1) is 6.90. The Balaban J connectivity index is 1.94. The van der Waals surface area contributed by atoms with E-state index in [2.05, 4.69) is 15.9 Å². The summed E-state index contributed by atoms with van der Waals surface area (Å²) in [6, 6.07) is 0. The van der Waals surface area contributed by atoms with Crippen LogP contribution in [0.1, 0.15) is 32.1 Å². The molecule has 62 valence electrons. The Morgan fingerprint density at radius 2 is 1.73 bits per heavy atom. The number of hydrogen-bond donors (Lipinski definition) is 0. The van der Waals surface area contributed by atoms with Crippen molar-refractivity contribution in [2.45, 2.75) is 48.6 Å². The average Bonchev–Trinajstić information content (AvgIpc) is 1.79. The number of alkyl halides is 1. The zero-order valence-corrected chi connectivity index (χ0v) is 8.14. The van der Waals surface area contributed by atoms with Gasteiger partial charge in [0.1, 0.15) is 0 Å². The lowest BCUT2D eigenvalue weighted by Gasteiger charge is -2.53. The molecule has 2 aliphatic heterocycles. The molecule has 2 heterocycles. The van der Waals surface area contributed by atoms with Crippen molar-refractivity contribution in [3.8, 4) is 0 Å². The molecule has 4 fully saturated rings. The van der Waals surface area contributed by atoms with Crippen molar-refractivity contribution < 1.29 is 4.74 Å². The highest BCUT2D eigenvalue weighted by atomic mass is 79.9. The van der Waals surface area contributed by atoms with Gasteiger partial charge in [0.15, 0.2) is 0 Å². The summed E-state index contributed by atoms with van der Waals surface area (Å²) in [6.07, 6.45) is 7.80. The van der Waals surface area contributed by atoms with E-state index in [9.17, 15) is 0 Å². The highest BCUT2D eigenvalue weighted by Gasteiger charge is 2.50. The predicted molar refractivity (Wildman–Crippen MR) is 46.9 cm³/mol. The molecule has 2 saturated carbocycles. The van der Waals surface area contributed by atoms with Crippen molar-refractivity contribution in [3.05, 3.63) is 0 Å². The number of rotatable bonds is 0. The number of hydrogen-bond acceptors (Lipinski definition) is 1. The van der Waals surface area contributed by atoms with E-state index in [1.54, 1.807) is 0 Å². The van der Waals surface area contributed by atoms with E-state index >= 15 is 0 Å². The van der Waals surface area contributed by atoms with E-state index < -0.39 is 0 Å². The summed E-state index contributed by atoms with van der Waals surface area (Å²) in [5.41, 5.74) is 0. The summed E-state index contributed by atoms with van der Waals surface area (Å²) in [4.78, 5) is 0. The topological polar surface area (TPSA) is 9.23 Å². The van der Waals surface area contributed by atoms with Crippen molar-refractivity contribution >= 4 is 15.9 Å². The van der Waals surface area contributed by atoms with Crippen LogP contribution in [0.25, 0.3) is 0 Å². The summed E-state index contributed by atoms with van der Waals surface area (Å²) in [5.74, 6) is 0.973. The van der Waals surface area contributed by atoms with Gasteiger partial charge in [-0.25, -0.2) is 0 Å². The molecule has 2 unspecified atom stereocenters. The quantitative estimate of drug-likeness (QED) is 0.566. The van der Waals surface area contributed by atoms with E-state index in [4.69, 9.17) is 4.74 Å². The van der Waals surface area contributed by atoms with Crippen LogP contribution < -0.4 is 0 Å². The molecule has 4 bridgehead atoms. The molecule has 0 amide bonds. The van der Waals surface area contributed by atoms with Crippen LogP contribution >= 0.6 is 15.9 Å². The minimum absolute atomic E-state index is 0.488. The fourth-order valence-electron chi connectivity index (χ4n) is 3.24. The molecule has 4 aliphatic rings.